The maximum absolute atomic E-state index is 11.8. The van der Waals surface area contributed by atoms with Crippen molar-refractivity contribution >= 4 is 40.8 Å². The zero-order valence-corrected chi connectivity index (χ0v) is 12.6. The average Bonchev–Trinajstić information content (AvgIpc) is 2.90. The van der Waals surface area contributed by atoms with E-state index in [-0.39, 0.29) is 12.6 Å². The molecule has 1 aromatic rings. The normalized spacial score (nSPS) is 21.0. The Morgan fingerprint density at radius 2 is 2.10 bits per heavy atom. The molecule has 0 saturated carbocycles. The van der Waals surface area contributed by atoms with Gasteiger partial charge in [0.1, 0.15) is 6.10 Å². The molecule has 1 aliphatic heterocycles. The summed E-state index contributed by atoms with van der Waals surface area (Å²) in [6, 6.07) is 4.35. The molecule has 0 spiro atoms. The molecule has 21 heavy (non-hydrogen) atoms. The quantitative estimate of drug-likeness (QED) is 0.789. The van der Waals surface area contributed by atoms with Crippen LogP contribution in [0.2, 0.25) is 10.0 Å². The van der Waals surface area contributed by atoms with Gasteiger partial charge < -0.3 is 21.1 Å². The Kier molecular flexibility index (Phi) is 5.27. The number of urea groups is 1. The molecule has 1 aliphatic rings. The number of hydrogen-bond acceptors (Lipinski definition) is 3. The lowest BCUT2D eigenvalue weighted by molar-refractivity contribution is -0.128. The number of carbonyl (C=O) groups excluding carboxylic acids is 2. The molecule has 0 aromatic heterocycles. The summed E-state index contributed by atoms with van der Waals surface area (Å²) in [7, 11) is 0. The van der Waals surface area contributed by atoms with Crippen LogP contribution in [0.1, 0.15) is 12.8 Å². The number of nitrogens with two attached hydrogens (primary N) is 1. The van der Waals surface area contributed by atoms with Crippen molar-refractivity contribution in [2.24, 2.45) is 5.73 Å². The van der Waals surface area contributed by atoms with Gasteiger partial charge in [-0.25, -0.2) is 4.79 Å². The van der Waals surface area contributed by atoms with Crippen molar-refractivity contribution in [2.45, 2.75) is 25.0 Å². The zero-order valence-electron chi connectivity index (χ0n) is 11.1. The molecule has 1 heterocycles. The minimum atomic E-state index is -0.567. The lowest BCUT2D eigenvalue weighted by atomic mass is 10.2. The fourth-order valence-corrected chi connectivity index (χ4v) is 2.37. The van der Waals surface area contributed by atoms with Crippen LogP contribution in [0.25, 0.3) is 0 Å². The third kappa shape index (κ3) is 4.49. The van der Waals surface area contributed by atoms with Crippen LogP contribution in [0.4, 0.5) is 10.5 Å². The summed E-state index contributed by atoms with van der Waals surface area (Å²) in [6.45, 7) is 0.286. The molecule has 6 nitrogen and oxygen atoms in total. The van der Waals surface area contributed by atoms with Crippen LogP contribution in [-0.2, 0) is 9.53 Å². The Morgan fingerprint density at radius 1 is 1.33 bits per heavy atom. The van der Waals surface area contributed by atoms with Gasteiger partial charge >= 0.3 is 6.03 Å². The van der Waals surface area contributed by atoms with Gasteiger partial charge in [-0.3, -0.25) is 4.79 Å². The smallest absolute Gasteiger partial charge is 0.319 e. The van der Waals surface area contributed by atoms with Gasteiger partial charge in [0.25, 0.3) is 0 Å². The molecule has 0 bridgehead atoms. The first-order valence-corrected chi connectivity index (χ1v) is 7.16. The van der Waals surface area contributed by atoms with Crippen molar-refractivity contribution in [2.75, 3.05) is 11.9 Å². The van der Waals surface area contributed by atoms with Gasteiger partial charge in [-0.05, 0) is 31.0 Å². The monoisotopic (exact) mass is 331 g/mol. The summed E-state index contributed by atoms with van der Waals surface area (Å²) < 4.78 is 5.40. The Balaban J connectivity index is 1.80. The number of carbonyl (C=O) groups is 2. The first-order valence-electron chi connectivity index (χ1n) is 6.40. The lowest BCUT2D eigenvalue weighted by Crippen LogP contribution is -2.36. The molecular weight excluding hydrogens is 317 g/mol. The molecule has 2 rings (SSSR count). The van der Waals surface area contributed by atoms with Crippen LogP contribution in [-0.4, -0.2) is 30.7 Å². The van der Waals surface area contributed by atoms with E-state index in [4.69, 9.17) is 33.7 Å². The van der Waals surface area contributed by atoms with Crippen LogP contribution in [0.5, 0.6) is 0 Å². The molecule has 0 radical (unpaired) electrons. The Morgan fingerprint density at radius 3 is 2.76 bits per heavy atom. The minimum absolute atomic E-state index is 0.219. The van der Waals surface area contributed by atoms with E-state index in [1.807, 2.05) is 0 Å². The summed E-state index contributed by atoms with van der Waals surface area (Å²) in [5.74, 6) is -0.479. The standard InChI is InChI=1S/C13H15Cl2N3O3/c14-7-1-3-9(15)10(5-7)18-13(20)17-6-8-2-4-11(21-8)12(16)19/h1,3,5,8,11H,2,4,6H2,(H2,16,19)(H2,17,18,20)/t8-,11-/m1/s1. The van der Waals surface area contributed by atoms with Crippen LogP contribution in [0.3, 0.4) is 0 Å². The Bertz CT molecular complexity index is 553. The van der Waals surface area contributed by atoms with E-state index in [1.54, 1.807) is 18.2 Å². The van der Waals surface area contributed by atoms with Gasteiger partial charge in [0, 0.05) is 11.6 Å². The van der Waals surface area contributed by atoms with Gasteiger partial charge in [0.05, 0.1) is 16.8 Å². The maximum Gasteiger partial charge on any atom is 0.319 e. The number of nitrogens with one attached hydrogen (secondary N) is 2. The first-order chi connectivity index (χ1) is 9.95. The van der Waals surface area contributed by atoms with Gasteiger partial charge in [-0.1, -0.05) is 23.2 Å². The van der Waals surface area contributed by atoms with Gasteiger partial charge in [-0.15, -0.1) is 0 Å². The number of anilines is 1. The molecule has 1 fully saturated rings. The SMILES string of the molecule is NC(=O)[C@H]1CC[C@H](CNC(=O)Nc2cc(Cl)ccc2Cl)O1. The first kappa shape index (κ1) is 15.9. The van der Waals surface area contributed by atoms with Crippen LogP contribution >= 0.6 is 23.2 Å². The van der Waals surface area contributed by atoms with Crippen molar-refractivity contribution in [3.8, 4) is 0 Å². The van der Waals surface area contributed by atoms with Crippen LogP contribution in [0.15, 0.2) is 18.2 Å². The third-order valence-electron chi connectivity index (χ3n) is 3.09. The van der Waals surface area contributed by atoms with E-state index in [0.29, 0.717) is 28.6 Å². The molecule has 8 heteroatoms. The highest BCUT2D eigenvalue weighted by atomic mass is 35.5. The van der Waals surface area contributed by atoms with Gasteiger partial charge in [0.15, 0.2) is 0 Å². The predicted octanol–water partition coefficient (Wildman–Crippen LogP) is 2.15. The number of halogens is 2. The van der Waals surface area contributed by atoms with Crippen molar-refractivity contribution in [1.82, 2.24) is 5.32 Å². The maximum atomic E-state index is 11.8. The second kappa shape index (κ2) is 6.98. The van der Waals surface area contributed by atoms with Crippen molar-refractivity contribution in [3.05, 3.63) is 28.2 Å². The molecule has 2 atom stereocenters. The second-order valence-corrected chi connectivity index (χ2v) is 5.53. The minimum Gasteiger partial charge on any atom is -0.367 e. The van der Waals surface area contributed by atoms with E-state index < -0.39 is 18.0 Å². The van der Waals surface area contributed by atoms with Crippen LogP contribution in [0, 0.1) is 0 Å². The summed E-state index contributed by atoms with van der Waals surface area (Å²) in [5.41, 5.74) is 5.58. The number of ether oxygens (including phenoxy) is 1. The highest BCUT2D eigenvalue weighted by Gasteiger charge is 2.29. The largest absolute Gasteiger partial charge is 0.367 e. The van der Waals surface area contributed by atoms with E-state index in [1.165, 1.54) is 0 Å². The highest BCUT2D eigenvalue weighted by Crippen LogP contribution is 2.25. The van der Waals surface area contributed by atoms with E-state index in [0.717, 1.165) is 0 Å². The highest BCUT2D eigenvalue weighted by molar-refractivity contribution is 6.35. The predicted molar refractivity (Wildman–Crippen MR) is 80.6 cm³/mol. The topological polar surface area (TPSA) is 93.5 Å². The van der Waals surface area contributed by atoms with Crippen molar-refractivity contribution in [3.63, 3.8) is 0 Å². The van der Waals surface area contributed by atoms with E-state index in [9.17, 15) is 9.59 Å². The van der Waals surface area contributed by atoms with Gasteiger partial charge in [0.2, 0.25) is 5.91 Å². The summed E-state index contributed by atoms with van der Waals surface area (Å²) in [4.78, 5) is 22.7. The Labute approximate surface area is 131 Å². The average molecular weight is 332 g/mol. The fraction of sp³-hybridized carbons (Fsp3) is 0.385. The van der Waals surface area contributed by atoms with E-state index >= 15 is 0 Å². The number of hydrogen-bond donors (Lipinski definition) is 3. The number of primary amides is 1. The number of rotatable bonds is 4. The molecule has 0 aliphatic carbocycles. The molecule has 0 unspecified atom stereocenters. The van der Waals surface area contributed by atoms with E-state index in [2.05, 4.69) is 10.6 Å². The second-order valence-electron chi connectivity index (χ2n) is 4.69. The molecule has 114 valence electrons. The number of benzene rings is 1. The summed E-state index contributed by atoms with van der Waals surface area (Å²) >= 11 is 11.8. The molecular formula is C13H15Cl2N3O3. The molecule has 4 N–H and O–H groups in total. The van der Waals surface area contributed by atoms with Crippen molar-refractivity contribution < 1.29 is 14.3 Å². The zero-order chi connectivity index (χ0) is 15.4. The molecule has 3 amide bonds. The summed E-state index contributed by atoms with van der Waals surface area (Å²) in [6.07, 6.45) is 0.459. The molecule has 1 saturated heterocycles. The molecule has 1 aromatic carbocycles. The summed E-state index contributed by atoms with van der Waals surface area (Å²) in [5, 5.41) is 6.11. The number of amides is 3. The Hall–Kier alpha value is -1.50. The van der Waals surface area contributed by atoms with Crippen molar-refractivity contribution in [1.29, 1.82) is 0 Å². The van der Waals surface area contributed by atoms with Gasteiger partial charge in [-0.2, -0.15) is 0 Å². The fourth-order valence-electron chi connectivity index (χ4n) is 2.03. The lowest BCUT2D eigenvalue weighted by Gasteiger charge is -2.13. The van der Waals surface area contributed by atoms with Crippen LogP contribution < -0.4 is 16.4 Å². The third-order valence-corrected chi connectivity index (χ3v) is 3.66.